The molecule has 1 heterocycles. The Hall–Kier alpha value is -3.29. The van der Waals surface area contributed by atoms with Gasteiger partial charge in [0.25, 0.3) is 5.91 Å². The minimum atomic E-state index is -0.289. The predicted molar refractivity (Wildman–Crippen MR) is 117 cm³/mol. The van der Waals surface area contributed by atoms with E-state index in [-0.39, 0.29) is 16.8 Å². The van der Waals surface area contributed by atoms with Crippen LogP contribution in [-0.4, -0.2) is 21.1 Å². The van der Waals surface area contributed by atoms with Crippen LogP contribution in [-0.2, 0) is 0 Å². The Morgan fingerprint density at radius 1 is 1.00 bits per heavy atom. The summed E-state index contributed by atoms with van der Waals surface area (Å²) < 4.78 is 1.04. The molecule has 0 fully saturated rings. The van der Waals surface area contributed by atoms with Crippen LogP contribution in [0.25, 0.3) is 20.8 Å². The van der Waals surface area contributed by atoms with Crippen LogP contribution in [0, 0.1) is 0 Å². The van der Waals surface area contributed by atoms with E-state index >= 15 is 0 Å². The number of carbonyl (C=O) groups excluding carboxylic acids is 1. The van der Waals surface area contributed by atoms with Crippen molar-refractivity contribution in [1.82, 2.24) is 10.3 Å². The van der Waals surface area contributed by atoms with Gasteiger partial charge in [-0.25, -0.2) is 4.98 Å². The number of hydrogen-bond donors (Lipinski definition) is 3. The van der Waals surface area contributed by atoms with E-state index in [1.54, 1.807) is 42.5 Å². The fraction of sp³-hybridized carbons (Fsp3) is 0. The first kappa shape index (κ1) is 18.1. The third kappa shape index (κ3) is 3.85. The van der Waals surface area contributed by atoms with Gasteiger partial charge < -0.3 is 10.4 Å². The summed E-state index contributed by atoms with van der Waals surface area (Å²) >= 11 is 6.74. The number of nitrogens with one attached hydrogen (secondary N) is 2. The number of carbonyl (C=O) groups is 1. The number of aromatic nitrogens is 1. The normalized spacial score (nSPS) is 10.6. The molecular formula is C21H15N3O2S2. The fourth-order valence-electron chi connectivity index (χ4n) is 2.70. The lowest BCUT2D eigenvalue weighted by molar-refractivity contribution is 0.0977. The topological polar surface area (TPSA) is 74.2 Å². The van der Waals surface area contributed by atoms with Gasteiger partial charge in [-0.3, -0.25) is 10.1 Å². The van der Waals surface area contributed by atoms with E-state index in [0.29, 0.717) is 21.8 Å². The molecule has 4 rings (SSSR count). The second-order valence-corrected chi connectivity index (χ2v) is 7.43. The second kappa shape index (κ2) is 7.75. The number of para-hydroxylation sites is 1. The van der Waals surface area contributed by atoms with E-state index in [1.165, 1.54) is 11.3 Å². The summed E-state index contributed by atoms with van der Waals surface area (Å²) in [5.41, 5.74) is 2.65. The number of rotatable bonds is 3. The van der Waals surface area contributed by atoms with Gasteiger partial charge in [-0.15, -0.1) is 11.3 Å². The molecule has 0 unspecified atom stereocenters. The van der Waals surface area contributed by atoms with Crippen molar-refractivity contribution in [3.8, 4) is 16.3 Å². The van der Waals surface area contributed by atoms with Crippen molar-refractivity contribution in [2.75, 3.05) is 5.32 Å². The molecule has 0 aliphatic carbocycles. The Balaban J connectivity index is 1.53. The zero-order valence-corrected chi connectivity index (χ0v) is 16.2. The van der Waals surface area contributed by atoms with Crippen molar-refractivity contribution >= 4 is 50.5 Å². The van der Waals surface area contributed by atoms with Crippen LogP contribution in [0.1, 0.15) is 10.4 Å². The quantitative estimate of drug-likeness (QED) is 0.337. The van der Waals surface area contributed by atoms with Crippen LogP contribution in [0.15, 0.2) is 72.8 Å². The number of phenols is 1. The van der Waals surface area contributed by atoms with E-state index in [2.05, 4.69) is 15.6 Å². The number of phenolic OH excluding ortho intramolecular Hbond substituents is 1. The molecule has 1 amide bonds. The van der Waals surface area contributed by atoms with Gasteiger partial charge in [0.2, 0.25) is 0 Å². The van der Waals surface area contributed by atoms with Gasteiger partial charge in [0.05, 0.1) is 15.8 Å². The standard InChI is InChI=1S/C21H15N3O2S2/c25-17-11-10-14(22-21(27)24-19(26)13-6-2-1-3-7-13)12-15(17)20-23-16-8-4-5-9-18(16)28-20/h1-12,25H,(H2,22,24,26,27). The summed E-state index contributed by atoms with van der Waals surface area (Å²) in [4.78, 5) is 16.8. The minimum Gasteiger partial charge on any atom is -0.507 e. The summed E-state index contributed by atoms with van der Waals surface area (Å²) in [5.74, 6) is -0.160. The first-order chi connectivity index (χ1) is 13.6. The van der Waals surface area contributed by atoms with Gasteiger partial charge in [-0.2, -0.15) is 0 Å². The molecule has 7 heteroatoms. The summed E-state index contributed by atoms with van der Waals surface area (Å²) in [5, 5.41) is 16.8. The molecule has 0 spiro atoms. The van der Waals surface area contributed by atoms with Crippen molar-refractivity contribution in [3.63, 3.8) is 0 Å². The highest BCUT2D eigenvalue weighted by Crippen LogP contribution is 2.36. The van der Waals surface area contributed by atoms with Crippen LogP contribution in [0.4, 0.5) is 5.69 Å². The molecule has 4 aromatic rings. The molecule has 138 valence electrons. The van der Waals surface area contributed by atoms with Gasteiger partial charge in [0.15, 0.2) is 5.11 Å². The molecule has 0 radical (unpaired) electrons. The molecule has 28 heavy (non-hydrogen) atoms. The van der Waals surface area contributed by atoms with Crippen molar-refractivity contribution in [3.05, 3.63) is 78.4 Å². The number of fused-ring (bicyclic) bond motifs is 1. The molecule has 0 aliphatic rings. The molecular weight excluding hydrogens is 390 g/mol. The number of hydrogen-bond acceptors (Lipinski definition) is 5. The first-order valence-electron chi connectivity index (χ1n) is 8.46. The Kier molecular flexibility index (Phi) is 5.01. The Morgan fingerprint density at radius 3 is 2.54 bits per heavy atom. The maximum atomic E-state index is 12.2. The lowest BCUT2D eigenvalue weighted by Gasteiger charge is -2.11. The molecule has 3 N–H and O–H groups in total. The molecule has 5 nitrogen and oxygen atoms in total. The average molecular weight is 406 g/mol. The number of benzene rings is 3. The van der Waals surface area contributed by atoms with E-state index in [9.17, 15) is 9.90 Å². The van der Waals surface area contributed by atoms with Gasteiger partial charge in [0, 0.05) is 11.3 Å². The number of aromatic hydroxyl groups is 1. The highest BCUT2D eigenvalue weighted by atomic mass is 32.1. The number of amides is 1. The number of thiocarbonyl (C=S) groups is 1. The van der Waals surface area contributed by atoms with E-state index in [4.69, 9.17) is 12.2 Å². The highest BCUT2D eigenvalue weighted by Gasteiger charge is 2.13. The molecule has 0 bridgehead atoms. The lowest BCUT2D eigenvalue weighted by atomic mass is 10.2. The van der Waals surface area contributed by atoms with E-state index in [0.717, 1.165) is 10.2 Å². The van der Waals surface area contributed by atoms with E-state index < -0.39 is 0 Å². The molecule has 1 aromatic heterocycles. The number of anilines is 1. The van der Waals surface area contributed by atoms with Gasteiger partial charge in [-0.1, -0.05) is 30.3 Å². The van der Waals surface area contributed by atoms with Gasteiger partial charge >= 0.3 is 0 Å². The van der Waals surface area contributed by atoms with Crippen LogP contribution < -0.4 is 10.6 Å². The summed E-state index contributed by atoms with van der Waals surface area (Å²) in [6, 6.07) is 21.7. The largest absolute Gasteiger partial charge is 0.507 e. The van der Waals surface area contributed by atoms with Gasteiger partial charge in [0.1, 0.15) is 10.8 Å². The first-order valence-corrected chi connectivity index (χ1v) is 9.69. The maximum absolute atomic E-state index is 12.2. The van der Waals surface area contributed by atoms with Gasteiger partial charge in [-0.05, 0) is 54.7 Å². The highest BCUT2D eigenvalue weighted by molar-refractivity contribution is 7.80. The Labute approximate surface area is 170 Å². The fourth-order valence-corrected chi connectivity index (χ4v) is 3.90. The molecule has 3 aromatic carbocycles. The number of nitrogens with zero attached hydrogens (tertiary/aromatic N) is 1. The van der Waals surface area contributed by atoms with Crippen LogP contribution >= 0.6 is 23.6 Å². The molecule has 0 atom stereocenters. The molecule has 0 saturated heterocycles. The van der Waals surface area contributed by atoms with Crippen LogP contribution in [0.2, 0.25) is 0 Å². The van der Waals surface area contributed by atoms with E-state index in [1.807, 2.05) is 30.3 Å². The van der Waals surface area contributed by atoms with Crippen molar-refractivity contribution < 1.29 is 9.90 Å². The molecule has 0 saturated carbocycles. The number of thiazole rings is 1. The van der Waals surface area contributed by atoms with Crippen molar-refractivity contribution in [1.29, 1.82) is 0 Å². The van der Waals surface area contributed by atoms with Crippen LogP contribution in [0.3, 0.4) is 0 Å². The van der Waals surface area contributed by atoms with Crippen LogP contribution in [0.5, 0.6) is 5.75 Å². The Bertz CT molecular complexity index is 1140. The van der Waals surface area contributed by atoms with Crippen molar-refractivity contribution in [2.45, 2.75) is 0 Å². The molecule has 0 aliphatic heterocycles. The zero-order chi connectivity index (χ0) is 19.5. The summed E-state index contributed by atoms with van der Waals surface area (Å²) in [6.45, 7) is 0. The smallest absolute Gasteiger partial charge is 0.257 e. The average Bonchev–Trinajstić information content (AvgIpc) is 3.14. The maximum Gasteiger partial charge on any atom is 0.257 e. The Morgan fingerprint density at radius 2 is 1.75 bits per heavy atom. The zero-order valence-electron chi connectivity index (χ0n) is 14.5. The third-order valence-electron chi connectivity index (χ3n) is 4.04. The second-order valence-electron chi connectivity index (χ2n) is 5.99. The third-order valence-corrected chi connectivity index (χ3v) is 5.32. The SMILES string of the molecule is O=C(NC(=S)Nc1ccc(O)c(-c2nc3ccccc3s2)c1)c1ccccc1. The van der Waals surface area contributed by atoms with Crippen molar-refractivity contribution in [2.24, 2.45) is 0 Å². The predicted octanol–water partition coefficient (Wildman–Crippen LogP) is 4.80. The minimum absolute atomic E-state index is 0.129. The summed E-state index contributed by atoms with van der Waals surface area (Å²) in [6.07, 6.45) is 0. The lowest BCUT2D eigenvalue weighted by Crippen LogP contribution is -2.34. The summed E-state index contributed by atoms with van der Waals surface area (Å²) in [7, 11) is 0. The monoisotopic (exact) mass is 405 g/mol.